The van der Waals surface area contributed by atoms with Crippen LogP contribution in [0.15, 0.2) is 27.5 Å². The van der Waals surface area contributed by atoms with Crippen LogP contribution >= 0.6 is 0 Å². The lowest BCUT2D eigenvalue weighted by Gasteiger charge is -2.39. The number of furan rings is 1. The lowest BCUT2D eigenvalue weighted by molar-refractivity contribution is 0.0592. The number of aromatic nitrogens is 2. The minimum Gasteiger partial charge on any atom is -0.472 e. The first-order valence-electron chi connectivity index (χ1n) is 8.38. The fourth-order valence-electron chi connectivity index (χ4n) is 4.11. The van der Waals surface area contributed by atoms with E-state index >= 15 is 0 Å². The molecule has 0 radical (unpaired) electrons. The molecule has 0 aliphatic carbocycles. The highest BCUT2D eigenvalue weighted by molar-refractivity contribution is 5.93. The fraction of sp³-hybridized carbons (Fsp3) is 0.588. The fourth-order valence-corrected chi connectivity index (χ4v) is 4.11. The summed E-state index contributed by atoms with van der Waals surface area (Å²) in [7, 11) is 2.11. The maximum absolute atomic E-state index is 12.4. The van der Waals surface area contributed by atoms with E-state index in [0.717, 1.165) is 38.9 Å². The molecule has 2 aliphatic heterocycles. The molecule has 2 aromatic heterocycles. The van der Waals surface area contributed by atoms with Crippen molar-refractivity contribution < 1.29 is 13.7 Å². The van der Waals surface area contributed by atoms with Gasteiger partial charge in [0.2, 0.25) is 5.89 Å². The second kappa shape index (κ2) is 5.73. The number of carbonyl (C=O) groups excluding carboxylic acids is 1. The van der Waals surface area contributed by atoms with Gasteiger partial charge in [-0.25, -0.2) is 0 Å². The van der Waals surface area contributed by atoms with Gasteiger partial charge in [-0.1, -0.05) is 5.16 Å². The molecule has 0 N–H and O–H groups in total. The van der Waals surface area contributed by atoms with Gasteiger partial charge in [-0.2, -0.15) is 4.98 Å². The van der Waals surface area contributed by atoms with Crippen LogP contribution in [0.5, 0.6) is 0 Å². The Bertz CT molecular complexity index is 716. The Morgan fingerprint density at radius 1 is 1.38 bits per heavy atom. The molecule has 1 spiro atoms. The average Bonchev–Trinajstić information content (AvgIpc) is 3.29. The van der Waals surface area contributed by atoms with Crippen molar-refractivity contribution in [2.45, 2.75) is 32.2 Å². The SMILES string of the molecule is Cc1noc(C2CC3(CCN(C(=O)c4ccoc4)CC3)CN2C)n1. The van der Waals surface area contributed by atoms with Crippen molar-refractivity contribution in [2.75, 3.05) is 26.7 Å². The summed E-state index contributed by atoms with van der Waals surface area (Å²) in [6.07, 6.45) is 6.08. The van der Waals surface area contributed by atoms with E-state index in [2.05, 4.69) is 22.1 Å². The Morgan fingerprint density at radius 3 is 2.79 bits per heavy atom. The number of likely N-dealkylation sites (tertiary alicyclic amines) is 2. The van der Waals surface area contributed by atoms with Gasteiger partial charge < -0.3 is 13.8 Å². The van der Waals surface area contributed by atoms with E-state index < -0.39 is 0 Å². The van der Waals surface area contributed by atoms with Crippen LogP contribution in [0.1, 0.15) is 47.4 Å². The first kappa shape index (κ1) is 15.4. The number of nitrogens with zero attached hydrogens (tertiary/aromatic N) is 4. The topological polar surface area (TPSA) is 75.6 Å². The predicted molar refractivity (Wildman–Crippen MR) is 85.3 cm³/mol. The van der Waals surface area contributed by atoms with Crippen molar-refractivity contribution in [3.63, 3.8) is 0 Å². The molecule has 1 amide bonds. The highest BCUT2D eigenvalue weighted by Crippen LogP contribution is 2.48. The average molecular weight is 330 g/mol. The maximum Gasteiger partial charge on any atom is 0.257 e. The van der Waals surface area contributed by atoms with Gasteiger partial charge in [-0.05, 0) is 44.7 Å². The Labute approximate surface area is 140 Å². The van der Waals surface area contributed by atoms with Gasteiger partial charge in [0.05, 0.1) is 17.9 Å². The number of aryl methyl sites for hydroxylation is 1. The maximum atomic E-state index is 12.4. The largest absolute Gasteiger partial charge is 0.472 e. The summed E-state index contributed by atoms with van der Waals surface area (Å²) in [5, 5.41) is 3.92. The summed E-state index contributed by atoms with van der Waals surface area (Å²) in [6, 6.07) is 1.91. The standard InChI is InChI=1S/C17H22N4O3/c1-12-18-15(24-19-12)14-9-17(11-20(14)2)4-6-21(7-5-17)16(22)13-3-8-23-10-13/h3,8,10,14H,4-7,9,11H2,1-2H3. The van der Waals surface area contributed by atoms with E-state index in [-0.39, 0.29) is 17.4 Å². The predicted octanol–water partition coefficient (Wildman–Crippen LogP) is 2.27. The van der Waals surface area contributed by atoms with Gasteiger partial charge in [0, 0.05) is 19.6 Å². The van der Waals surface area contributed by atoms with E-state index in [1.54, 1.807) is 12.3 Å². The van der Waals surface area contributed by atoms with Crippen LogP contribution in [0.4, 0.5) is 0 Å². The van der Waals surface area contributed by atoms with E-state index in [9.17, 15) is 4.79 Å². The molecule has 2 aliphatic rings. The third kappa shape index (κ3) is 2.62. The highest BCUT2D eigenvalue weighted by Gasteiger charge is 2.47. The number of rotatable bonds is 2. The molecule has 24 heavy (non-hydrogen) atoms. The second-order valence-corrected chi connectivity index (χ2v) is 7.12. The summed E-state index contributed by atoms with van der Waals surface area (Å²) in [5.41, 5.74) is 0.864. The molecule has 0 bridgehead atoms. The van der Waals surface area contributed by atoms with E-state index in [0.29, 0.717) is 17.3 Å². The number of amides is 1. The number of hydrogen-bond donors (Lipinski definition) is 0. The van der Waals surface area contributed by atoms with E-state index in [1.165, 1.54) is 6.26 Å². The zero-order chi connectivity index (χ0) is 16.7. The first-order chi connectivity index (χ1) is 11.6. The minimum absolute atomic E-state index is 0.0639. The lowest BCUT2D eigenvalue weighted by atomic mass is 9.76. The lowest BCUT2D eigenvalue weighted by Crippen LogP contribution is -2.44. The summed E-state index contributed by atoms with van der Waals surface area (Å²) in [6.45, 7) is 4.42. The third-order valence-corrected chi connectivity index (χ3v) is 5.45. The van der Waals surface area contributed by atoms with Crippen LogP contribution in [-0.2, 0) is 0 Å². The van der Waals surface area contributed by atoms with Crippen LogP contribution in [0.3, 0.4) is 0 Å². The van der Waals surface area contributed by atoms with Crippen LogP contribution in [0, 0.1) is 12.3 Å². The monoisotopic (exact) mass is 330 g/mol. The van der Waals surface area contributed by atoms with Crippen LogP contribution < -0.4 is 0 Å². The highest BCUT2D eigenvalue weighted by atomic mass is 16.5. The molecular formula is C17H22N4O3. The molecule has 2 saturated heterocycles. The number of hydrogen-bond acceptors (Lipinski definition) is 6. The van der Waals surface area contributed by atoms with Gasteiger partial charge in [0.15, 0.2) is 5.82 Å². The quantitative estimate of drug-likeness (QED) is 0.841. The molecule has 128 valence electrons. The Hall–Kier alpha value is -2.15. The van der Waals surface area contributed by atoms with Crippen molar-refractivity contribution >= 4 is 5.91 Å². The van der Waals surface area contributed by atoms with Gasteiger partial charge in [0.1, 0.15) is 6.26 Å². The smallest absolute Gasteiger partial charge is 0.257 e. The Kier molecular flexibility index (Phi) is 3.68. The number of piperidine rings is 1. The molecule has 4 rings (SSSR count). The van der Waals surface area contributed by atoms with Crippen LogP contribution in [0.25, 0.3) is 0 Å². The van der Waals surface area contributed by atoms with Crippen molar-refractivity contribution in [1.29, 1.82) is 0 Å². The van der Waals surface area contributed by atoms with Gasteiger partial charge in [-0.15, -0.1) is 0 Å². The zero-order valence-electron chi connectivity index (χ0n) is 14.1. The Morgan fingerprint density at radius 2 is 2.17 bits per heavy atom. The van der Waals surface area contributed by atoms with Gasteiger partial charge in [0.25, 0.3) is 5.91 Å². The molecular weight excluding hydrogens is 308 g/mol. The second-order valence-electron chi connectivity index (χ2n) is 7.12. The molecule has 4 heterocycles. The number of carbonyl (C=O) groups is 1. The van der Waals surface area contributed by atoms with Crippen LogP contribution in [0.2, 0.25) is 0 Å². The van der Waals surface area contributed by atoms with Gasteiger partial charge in [-0.3, -0.25) is 9.69 Å². The molecule has 2 aromatic rings. The summed E-state index contributed by atoms with van der Waals surface area (Å²) in [4.78, 5) is 21.1. The van der Waals surface area contributed by atoms with Crippen molar-refractivity contribution in [1.82, 2.24) is 19.9 Å². The van der Waals surface area contributed by atoms with Crippen molar-refractivity contribution in [3.05, 3.63) is 35.9 Å². The molecule has 1 unspecified atom stereocenters. The molecule has 0 aromatic carbocycles. The summed E-state index contributed by atoms with van der Waals surface area (Å²) in [5.74, 6) is 1.46. The van der Waals surface area contributed by atoms with Crippen LogP contribution in [-0.4, -0.2) is 52.5 Å². The summed E-state index contributed by atoms with van der Waals surface area (Å²) < 4.78 is 10.4. The minimum atomic E-state index is 0.0639. The van der Waals surface area contributed by atoms with E-state index in [4.69, 9.17) is 8.94 Å². The van der Waals surface area contributed by atoms with E-state index in [1.807, 2.05) is 11.8 Å². The molecule has 7 heteroatoms. The van der Waals surface area contributed by atoms with Crippen molar-refractivity contribution in [2.24, 2.45) is 5.41 Å². The molecule has 7 nitrogen and oxygen atoms in total. The molecule has 1 atom stereocenters. The molecule has 2 fully saturated rings. The Balaban J connectivity index is 1.43. The third-order valence-electron chi connectivity index (χ3n) is 5.45. The van der Waals surface area contributed by atoms with Crippen molar-refractivity contribution in [3.8, 4) is 0 Å². The summed E-state index contributed by atoms with van der Waals surface area (Å²) >= 11 is 0. The molecule has 0 saturated carbocycles. The van der Waals surface area contributed by atoms with Gasteiger partial charge >= 0.3 is 0 Å². The first-order valence-corrected chi connectivity index (χ1v) is 8.38. The normalized spacial score (nSPS) is 23.9. The zero-order valence-corrected chi connectivity index (χ0v) is 14.1.